The molecule has 56 valence electrons. The summed E-state index contributed by atoms with van der Waals surface area (Å²) in [5, 5.41) is 0. The molecule has 4 heteroatoms. The highest BCUT2D eigenvalue weighted by molar-refractivity contribution is 6.33. The Kier molecular flexibility index (Phi) is 3.93. The number of hydrogen-bond acceptors (Lipinski definition) is 0. The normalized spacial score (nSPS) is 13.3. The quantitative estimate of drug-likeness (QED) is 0.433. The van der Waals surface area contributed by atoms with Gasteiger partial charge in [-0.1, -0.05) is 12.6 Å². The van der Waals surface area contributed by atoms with Crippen LogP contribution in [0, 0.1) is 0 Å². The Morgan fingerprint density at radius 1 is 1.33 bits per heavy atom. The van der Waals surface area contributed by atoms with Gasteiger partial charge in [0.2, 0.25) is 0 Å². The van der Waals surface area contributed by atoms with E-state index in [1.165, 1.54) is 0 Å². The average Bonchev–Trinajstić information content (AvgIpc) is 1.63. The lowest BCUT2D eigenvalue weighted by atomic mass is 10.3. The molecule has 0 saturated heterocycles. The van der Waals surface area contributed by atoms with E-state index in [9.17, 15) is 13.2 Å². The van der Waals surface area contributed by atoms with Crippen molar-refractivity contribution < 1.29 is 13.2 Å². The van der Waals surface area contributed by atoms with Crippen LogP contribution in [0.2, 0.25) is 12.6 Å². The van der Waals surface area contributed by atoms with Crippen LogP contribution in [0.25, 0.3) is 0 Å². The van der Waals surface area contributed by atoms with Gasteiger partial charge in [-0.05, 0) is 6.42 Å². The molecule has 9 heavy (non-hydrogen) atoms. The zero-order chi connectivity index (χ0) is 7.33. The molecule has 0 aliphatic rings. The van der Waals surface area contributed by atoms with Crippen molar-refractivity contribution in [3.63, 3.8) is 0 Å². The molecule has 0 N–H and O–H groups in total. The van der Waals surface area contributed by atoms with Crippen molar-refractivity contribution in [3.05, 3.63) is 0 Å². The van der Waals surface area contributed by atoms with Gasteiger partial charge in [-0.25, -0.2) is 0 Å². The van der Waals surface area contributed by atoms with Crippen LogP contribution >= 0.6 is 0 Å². The van der Waals surface area contributed by atoms with E-state index in [1.54, 1.807) is 0 Å². The van der Waals surface area contributed by atoms with Crippen LogP contribution < -0.4 is 0 Å². The van der Waals surface area contributed by atoms with Crippen molar-refractivity contribution in [1.82, 2.24) is 0 Å². The Morgan fingerprint density at radius 2 is 1.89 bits per heavy atom. The van der Waals surface area contributed by atoms with Gasteiger partial charge < -0.3 is 0 Å². The summed E-state index contributed by atoms with van der Waals surface area (Å²) < 4.78 is 34.2. The fourth-order valence-electron chi connectivity index (χ4n) is 0.575. The van der Waals surface area contributed by atoms with Gasteiger partial charge in [0.15, 0.2) is 0 Å². The highest BCUT2D eigenvalue weighted by atomic mass is 28.2. The van der Waals surface area contributed by atoms with Gasteiger partial charge in [-0.2, -0.15) is 13.2 Å². The minimum Gasteiger partial charge on any atom is -0.171 e. The van der Waals surface area contributed by atoms with Crippen molar-refractivity contribution in [1.29, 1.82) is 0 Å². The summed E-state index contributed by atoms with van der Waals surface area (Å²) in [5.74, 6) is 0. The van der Waals surface area contributed by atoms with E-state index in [0.29, 0.717) is 6.42 Å². The summed E-state index contributed by atoms with van der Waals surface area (Å²) in [6, 6.07) is 0.819. The molecule has 0 rings (SSSR count). The van der Waals surface area contributed by atoms with Crippen molar-refractivity contribution in [2.24, 2.45) is 0 Å². The van der Waals surface area contributed by atoms with E-state index in [-0.39, 0.29) is 9.52 Å². The smallest absolute Gasteiger partial charge is 0.171 e. The zero-order valence-corrected chi connectivity index (χ0v) is 6.88. The number of alkyl halides is 3. The van der Waals surface area contributed by atoms with Gasteiger partial charge in [-0.15, -0.1) is 0 Å². The molecular weight excluding hydrogens is 145 g/mol. The molecule has 0 bridgehead atoms. The largest absolute Gasteiger partial charge is 0.389 e. The van der Waals surface area contributed by atoms with Crippen LogP contribution in [0.4, 0.5) is 13.2 Å². The molecule has 0 heterocycles. The molecule has 0 fully saturated rings. The summed E-state index contributed by atoms with van der Waals surface area (Å²) in [6.45, 7) is 2.02. The Hall–Kier alpha value is 0.00688. The van der Waals surface area contributed by atoms with Gasteiger partial charge in [0, 0.05) is 15.9 Å². The lowest BCUT2D eigenvalue weighted by Gasteiger charge is -2.03. The third-order valence-corrected chi connectivity index (χ3v) is 2.27. The van der Waals surface area contributed by atoms with E-state index >= 15 is 0 Å². The van der Waals surface area contributed by atoms with Crippen molar-refractivity contribution in [2.45, 2.75) is 31.6 Å². The van der Waals surface area contributed by atoms with Gasteiger partial charge in [0.25, 0.3) is 0 Å². The van der Waals surface area contributed by atoms with Crippen LogP contribution in [0.5, 0.6) is 0 Å². The van der Waals surface area contributed by atoms with E-state index in [1.807, 2.05) is 6.55 Å². The number of halogens is 3. The summed E-state index contributed by atoms with van der Waals surface area (Å²) >= 11 is 0. The fraction of sp³-hybridized carbons (Fsp3) is 1.00. The minimum absolute atomic E-state index is 0.155. The third kappa shape index (κ3) is 8.01. The zero-order valence-electron chi connectivity index (χ0n) is 5.46. The third-order valence-electron chi connectivity index (χ3n) is 1.06. The lowest BCUT2D eigenvalue weighted by molar-refractivity contribution is -0.134. The maximum absolute atomic E-state index is 11.4. The van der Waals surface area contributed by atoms with Crippen molar-refractivity contribution >= 4 is 9.52 Å². The van der Waals surface area contributed by atoms with Crippen LogP contribution in [-0.4, -0.2) is 15.7 Å². The molecule has 0 amide bonds. The molecule has 0 aromatic carbocycles. The minimum atomic E-state index is -3.93. The van der Waals surface area contributed by atoms with Gasteiger partial charge in [-0.3, -0.25) is 0 Å². The lowest BCUT2D eigenvalue weighted by Crippen LogP contribution is -2.06. The van der Waals surface area contributed by atoms with Gasteiger partial charge in [0.05, 0.1) is 0 Å². The maximum atomic E-state index is 11.4. The first-order valence-electron chi connectivity index (χ1n) is 3.13. The molecule has 0 spiro atoms. The summed E-state index contributed by atoms with van der Waals surface area (Å²) in [7, 11) is -0.155. The average molecular weight is 156 g/mol. The molecule has 0 aliphatic carbocycles. The van der Waals surface area contributed by atoms with Gasteiger partial charge >= 0.3 is 6.18 Å². The Balaban J connectivity index is 3.07. The van der Waals surface area contributed by atoms with Crippen molar-refractivity contribution in [2.75, 3.05) is 0 Å². The molecule has 0 nitrogen and oxygen atoms in total. The SMILES string of the molecule is C[SiH2]CCCC(F)(F)F. The predicted octanol–water partition coefficient (Wildman–Crippen LogP) is 1.96. The van der Waals surface area contributed by atoms with E-state index in [4.69, 9.17) is 0 Å². The molecule has 0 unspecified atom stereocenters. The highest BCUT2D eigenvalue weighted by Gasteiger charge is 2.25. The van der Waals surface area contributed by atoms with E-state index in [2.05, 4.69) is 0 Å². The summed E-state index contributed by atoms with van der Waals surface area (Å²) in [4.78, 5) is 0. The molecule has 0 aromatic rings. The van der Waals surface area contributed by atoms with Crippen LogP contribution in [0.1, 0.15) is 12.8 Å². The molecular formula is C5H11F3Si. The first-order valence-corrected chi connectivity index (χ1v) is 5.54. The van der Waals surface area contributed by atoms with Crippen molar-refractivity contribution in [3.8, 4) is 0 Å². The van der Waals surface area contributed by atoms with Gasteiger partial charge in [0.1, 0.15) is 0 Å². The van der Waals surface area contributed by atoms with E-state index in [0.717, 1.165) is 6.04 Å². The summed E-state index contributed by atoms with van der Waals surface area (Å²) in [6.07, 6.45) is -4.18. The predicted molar refractivity (Wildman–Crippen MR) is 34.5 cm³/mol. The molecule has 0 atom stereocenters. The second-order valence-electron chi connectivity index (χ2n) is 2.07. The highest BCUT2D eigenvalue weighted by Crippen LogP contribution is 2.21. The standard InChI is InChI=1S/C5H11F3Si/c1-9-4-2-3-5(6,7)8/h2-4,9H2,1H3. The van der Waals surface area contributed by atoms with E-state index < -0.39 is 12.6 Å². The maximum Gasteiger partial charge on any atom is 0.389 e. The molecule has 0 aromatic heterocycles. The number of hydrogen-bond donors (Lipinski definition) is 0. The Labute approximate surface area is 55.3 Å². The molecule has 0 radical (unpaired) electrons. The monoisotopic (exact) mass is 156 g/mol. The molecule has 0 saturated carbocycles. The second kappa shape index (κ2) is 3.93. The van der Waals surface area contributed by atoms with Crippen LogP contribution in [0.3, 0.4) is 0 Å². The Morgan fingerprint density at radius 3 is 2.22 bits per heavy atom. The fourth-order valence-corrected chi connectivity index (χ4v) is 1.33. The number of rotatable bonds is 3. The topological polar surface area (TPSA) is 0 Å². The molecule has 0 aliphatic heterocycles. The van der Waals surface area contributed by atoms with Crippen LogP contribution in [0.15, 0.2) is 0 Å². The second-order valence-corrected chi connectivity index (χ2v) is 3.78. The Bertz CT molecular complexity index is 69.1. The summed E-state index contributed by atoms with van der Waals surface area (Å²) in [5.41, 5.74) is 0. The van der Waals surface area contributed by atoms with Crippen LogP contribution in [-0.2, 0) is 0 Å². The first-order chi connectivity index (χ1) is 4.06. The first kappa shape index (κ1) is 9.01.